The Labute approximate surface area is 178 Å². The van der Waals surface area contributed by atoms with Crippen molar-refractivity contribution in [2.45, 2.75) is 70.6 Å². The van der Waals surface area contributed by atoms with Gasteiger partial charge in [0.25, 0.3) is 5.56 Å². The molecule has 7 nitrogen and oxygen atoms in total. The third-order valence-corrected chi connectivity index (χ3v) is 7.07. The van der Waals surface area contributed by atoms with Gasteiger partial charge in [-0.15, -0.1) is 0 Å². The molecule has 7 heteroatoms. The fraction of sp³-hybridized carbons (Fsp3) is 0.739. The smallest absolute Gasteiger partial charge is 0.251 e. The minimum absolute atomic E-state index is 0.0136. The highest BCUT2D eigenvalue weighted by atomic mass is 16.2. The van der Waals surface area contributed by atoms with Crippen molar-refractivity contribution in [3.05, 3.63) is 27.9 Å². The van der Waals surface area contributed by atoms with E-state index in [1.165, 1.54) is 0 Å². The number of H-pyrrole nitrogens is 1. The zero-order valence-electron chi connectivity index (χ0n) is 18.2. The SMILES string of the molecule is CC(C)C(=O)N1CCC(c2nc([C@H]3CCCN(C(=O)C4CCC4)C3)cc(=O)[nH]2)CC1. The van der Waals surface area contributed by atoms with Gasteiger partial charge < -0.3 is 14.8 Å². The number of aromatic amines is 1. The fourth-order valence-electron chi connectivity index (χ4n) is 4.97. The molecule has 3 heterocycles. The Hall–Kier alpha value is -2.18. The molecule has 1 aromatic rings. The lowest BCUT2D eigenvalue weighted by molar-refractivity contribution is -0.139. The molecule has 1 aromatic heterocycles. The van der Waals surface area contributed by atoms with Gasteiger partial charge in [-0.25, -0.2) is 4.98 Å². The minimum atomic E-state index is -0.113. The van der Waals surface area contributed by atoms with Gasteiger partial charge in [-0.1, -0.05) is 20.3 Å². The fourth-order valence-corrected chi connectivity index (χ4v) is 4.97. The topological polar surface area (TPSA) is 86.4 Å². The Balaban J connectivity index is 1.44. The molecule has 0 spiro atoms. The molecule has 1 aliphatic carbocycles. The van der Waals surface area contributed by atoms with E-state index in [2.05, 4.69) is 4.98 Å². The van der Waals surface area contributed by atoms with E-state index in [4.69, 9.17) is 4.98 Å². The van der Waals surface area contributed by atoms with Crippen LogP contribution in [0.5, 0.6) is 0 Å². The molecule has 2 saturated heterocycles. The molecule has 2 aliphatic heterocycles. The van der Waals surface area contributed by atoms with Gasteiger partial charge in [0.15, 0.2) is 0 Å². The number of nitrogens with one attached hydrogen (secondary N) is 1. The standard InChI is InChI=1S/C23H34N4O3/c1-15(2)22(29)26-11-8-16(9-12-26)21-24-19(13-20(28)25-21)18-7-4-10-27(14-18)23(30)17-5-3-6-17/h13,15-18H,3-12,14H2,1-2H3,(H,24,25,28)/t18-/m0/s1. The molecular formula is C23H34N4O3. The second-order valence-electron chi connectivity index (χ2n) is 9.56. The summed E-state index contributed by atoms with van der Waals surface area (Å²) >= 11 is 0. The molecule has 0 bridgehead atoms. The van der Waals surface area contributed by atoms with Crippen molar-refractivity contribution in [1.82, 2.24) is 19.8 Å². The number of amides is 2. The van der Waals surface area contributed by atoms with Crippen molar-refractivity contribution in [1.29, 1.82) is 0 Å². The van der Waals surface area contributed by atoms with Crippen LogP contribution >= 0.6 is 0 Å². The first-order valence-electron chi connectivity index (χ1n) is 11.6. The molecule has 4 rings (SSSR count). The molecule has 1 N–H and O–H groups in total. The number of piperidine rings is 2. The maximum Gasteiger partial charge on any atom is 0.251 e. The van der Waals surface area contributed by atoms with E-state index in [0.717, 1.165) is 63.0 Å². The number of aromatic nitrogens is 2. The average molecular weight is 415 g/mol. The van der Waals surface area contributed by atoms with Crippen molar-refractivity contribution in [2.24, 2.45) is 11.8 Å². The Kier molecular flexibility index (Phi) is 6.25. The maximum atomic E-state index is 12.7. The number of carbonyl (C=O) groups excluding carboxylic acids is 2. The summed E-state index contributed by atoms with van der Waals surface area (Å²) in [7, 11) is 0. The van der Waals surface area contributed by atoms with Gasteiger partial charge in [0.2, 0.25) is 11.8 Å². The van der Waals surface area contributed by atoms with Crippen LogP contribution in [-0.4, -0.2) is 57.8 Å². The third-order valence-electron chi connectivity index (χ3n) is 7.07. The lowest BCUT2D eigenvalue weighted by atomic mass is 9.83. The first-order valence-corrected chi connectivity index (χ1v) is 11.6. The van der Waals surface area contributed by atoms with Gasteiger partial charge in [0, 0.05) is 55.9 Å². The lowest BCUT2D eigenvalue weighted by Gasteiger charge is -2.37. The molecular weight excluding hydrogens is 380 g/mol. The largest absolute Gasteiger partial charge is 0.342 e. The van der Waals surface area contributed by atoms with Crippen LogP contribution in [0.25, 0.3) is 0 Å². The first kappa shape index (κ1) is 21.1. The van der Waals surface area contributed by atoms with Crippen LogP contribution in [0.3, 0.4) is 0 Å². The molecule has 3 fully saturated rings. The highest BCUT2D eigenvalue weighted by Crippen LogP contribution is 2.33. The molecule has 0 unspecified atom stereocenters. The van der Waals surface area contributed by atoms with Crippen molar-refractivity contribution in [2.75, 3.05) is 26.2 Å². The quantitative estimate of drug-likeness (QED) is 0.821. The van der Waals surface area contributed by atoms with Crippen molar-refractivity contribution < 1.29 is 9.59 Å². The van der Waals surface area contributed by atoms with Crippen LogP contribution in [0.2, 0.25) is 0 Å². The number of hydrogen-bond acceptors (Lipinski definition) is 4. The van der Waals surface area contributed by atoms with Gasteiger partial charge in [-0.3, -0.25) is 14.4 Å². The zero-order chi connectivity index (χ0) is 21.3. The van der Waals surface area contributed by atoms with Crippen LogP contribution in [0.1, 0.15) is 82.1 Å². The average Bonchev–Trinajstić information content (AvgIpc) is 2.71. The molecule has 1 saturated carbocycles. The zero-order valence-corrected chi connectivity index (χ0v) is 18.2. The Morgan fingerprint density at radius 1 is 1.00 bits per heavy atom. The summed E-state index contributed by atoms with van der Waals surface area (Å²) in [6.07, 6.45) is 6.77. The highest BCUT2D eigenvalue weighted by molar-refractivity contribution is 5.79. The van der Waals surface area contributed by atoms with E-state index < -0.39 is 0 Å². The Morgan fingerprint density at radius 2 is 1.73 bits per heavy atom. The summed E-state index contributed by atoms with van der Waals surface area (Å²) in [6, 6.07) is 1.61. The van der Waals surface area contributed by atoms with Gasteiger partial charge in [0.1, 0.15) is 5.82 Å². The monoisotopic (exact) mass is 414 g/mol. The summed E-state index contributed by atoms with van der Waals surface area (Å²) in [5, 5.41) is 0. The summed E-state index contributed by atoms with van der Waals surface area (Å²) < 4.78 is 0. The summed E-state index contributed by atoms with van der Waals surface area (Å²) in [4.78, 5) is 49.0. The number of nitrogens with zero attached hydrogens (tertiary/aromatic N) is 3. The van der Waals surface area contributed by atoms with Gasteiger partial charge in [-0.05, 0) is 38.5 Å². The first-order chi connectivity index (χ1) is 14.4. The number of carbonyl (C=O) groups is 2. The van der Waals surface area contributed by atoms with E-state index in [9.17, 15) is 14.4 Å². The molecule has 1 atom stereocenters. The van der Waals surface area contributed by atoms with Gasteiger partial charge in [-0.2, -0.15) is 0 Å². The number of hydrogen-bond donors (Lipinski definition) is 1. The Morgan fingerprint density at radius 3 is 2.37 bits per heavy atom. The van der Waals surface area contributed by atoms with Crippen LogP contribution in [0.4, 0.5) is 0 Å². The van der Waals surface area contributed by atoms with E-state index in [1.807, 2.05) is 23.6 Å². The van der Waals surface area contributed by atoms with Crippen LogP contribution in [-0.2, 0) is 9.59 Å². The van der Waals surface area contributed by atoms with Crippen LogP contribution in [0.15, 0.2) is 10.9 Å². The third kappa shape index (κ3) is 4.44. The number of rotatable bonds is 4. The summed E-state index contributed by atoms with van der Waals surface area (Å²) in [5.41, 5.74) is 0.707. The summed E-state index contributed by atoms with van der Waals surface area (Å²) in [6.45, 7) is 6.78. The van der Waals surface area contributed by atoms with E-state index in [0.29, 0.717) is 25.5 Å². The molecule has 2 amide bonds. The molecule has 30 heavy (non-hydrogen) atoms. The van der Waals surface area contributed by atoms with E-state index in [-0.39, 0.29) is 35.1 Å². The van der Waals surface area contributed by atoms with Crippen molar-refractivity contribution in [3.63, 3.8) is 0 Å². The molecule has 0 aromatic carbocycles. The van der Waals surface area contributed by atoms with Crippen LogP contribution < -0.4 is 5.56 Å². The normalized spacial score (nSPS) is 23.5. The summed E-state index contributed by atoms with van der Waals surface area (Å²) in [5.74, 6) is 1.76. The van der Waals surface area contributed by atoms with Crippen molar-refractivity contribution in [3.8, 4) is 0 Å². The predicted octanol–water partition coefficient (Wildman–Crippen LogP) is 2.64. The number of likely N-dealkylation sites (tertiary alicyclic amines) is 2. The van der Waals surface area contributed by atoms with E-state index in [1.54, 1.807) is 6.07 Å². The van der Waals surface area contributed by atoms with E-state index >= 15 is 0 Å². The molecule has 0 radical (unpaired) electrons. The van der Waals surface area contributed by atoms with Crippen molar-refractivity contribution >= 4 is 11.8 Å². The second kappa shape index (κ2) is 8.90. The van der Waals surface area contributed by atoms with Crippen LogP contribution in [0, 0.1) is 11.8 Å². The highest BCUT2D eigenvalue weighted by Gasteiger charge is 2.33. The van der Waals surface area contributed by atoms with Gasteiger partial charge in [0.05, 0.1) is 5.69 Å². The predicted molar refractivity (Wildman–Crippen MR) is 114 cm³/mol. The molecule has 3 aliphatic rings. The minimum Gasteiger partial charge on any atom is -0.342 e. The maximum absolute atomic E-state index is 12.7. The Bertz CT molecular complexity index is 837. The van der Waals surface area contributed by atoms with Gasteiger partial charge >= 0.3 is 0 Å². The molecule has 164 valence electrons. The second-order valence-corrected chi connectivity index (χ2v) is 9.56. The lowest BCUT2D eigenvalue weighted by Crippen LogP contribution is -2.44.